The first-order chi connectivity index (χ1) is 12.5. The molecular formula is C20H18N2O4. The fourth-order valence-corrected chi connectivity index (χ4v) is 2.59. The molecule has 0 unspecified atom stereocenters. The molecule has 26 heavy (non-hydrogen) atoms. The van der Waals surface area contributed by atoms with Gasteiger partial charge in [-0.3, -0.25) is 18.8 Å². The van der Waals surface area contributed by atoms with E-state index in [1.807, 2.05) is 19.1 Å². The fourth-order valence-electron chi connectivity index (χ4n) is 2.59. The SMILES string of the molecule is Cc1cccn2c(=O)cc(COC(=O)CCC(=O)c3ccccc3)nc12. The molecule has 0 N–H and O–H groups in total. The van der Waals surface area contributed by atoms with E-state index >= 15 is 0 Å². The van der Waals surface area contributed by atoms with Gasteiger partial charge in [-0.25, -0.2) is 4.98 Å². The molecule has 6 nitrogen and oxygen atoms in total. The summed E-state index contributed by atoms with van der Waals surface area (Å²) in [4.78, 5) is 40.3. The van der Waals surface area contributed by atoms with E-state index in [-0.39, 0.29) is 30.8 Å². The maximum Gasteiger partial charge on any atom is 0.306 e. The van der Waals surface area contributed by atoms with Crippen molar-refractivity contribution in [3.63, 3.8) is 0 Å². The van der Waals surface area contributed by atoms with Crippen LogP contribution in [0.4, 0.5) is 0 Å². The van der Waals surface area contributed by atoms with Crippen LogP contribution in [0.2, 0.25) is 0 Å². The highest BCUT2D eigenvalue weighted by Gasteiger charge is 2.11. The van der Waals surface area contributed by atoms with Gasteiger partial charge in [0.25, 0.3) is 5.56 Å². The van der Waals surface area contributed by atoms with Crippen molar-refractivity contribution in [2.45, 2.75) is 26.4 Å². The number of ketones is 1. The third-order valence-electron chi connectivity index (χ3n) is 3.97. The molecular weight excluding hydrogens is 332 g/mol. The van der Waals surface area contributed by atoms with E-state index in [2.05, 4.69) is 4.98 Å². The zero-order chi connectivity index (χ0) is 18.5. The van der Waals surface area contributed by atoms with Crippen LogP contribution in [0.15, 0.2) is 59.5 Å². The predicted octanol–water partition coefficient (Wildman–Crippen LogP) is 2.71. The quantitative estimate of drug-likeness (QED) is 0.504. The lowest BCUT2D eigenvalue weighted by atomic mass is 10.1. The number of Topliss-reactive ketones (excluding diaryl/α,β-unsaturated/α-hetero) is 1. The number of fused-ring (bicyclic) bond motifs is 1. The Kier molecular flexibility index (Phi) is 5.22. The van der Waals surface area contributed by atoms with Crippen molar-refractivity contribution in [1.82, 2.24) is 9.38 Å². The number of esters is 1. The van der Waals surface area contributed by atoms with Crippen LogP contribution in [0.3, 0.4) is 0 Å². The van der Waals surface area contributed by atoms with Crippen molar-refractivity contribution in [1.29, 1.82) is 0 Å². The van der Waals surface area contributed by atoms with Gasteiger partial charge >= 0.3 is 5.97 Å². The van der Waals surface area contributed by atoms with Crippen molar-refractivity contribution >= 4 is 17.4 Å². The van der Waals surface area contributed by atoms with Gasteiger partial charge in [-0.1, -0.05) is 36.4 Å². The second-order valence-electron chi connectivity index (χ2n) is 5.92. The molecule has 2 heterocycles. The number of nitrogens with zero attached hydrogens (tertiary/aromatic N) is 2. The Morgan fingerprint density at radius 3 is 2.62 bits per heavy atom. The maximum absolute atomic E-state index is 12.1. The first-order valence-corrected chi connectivity index (χ1v) is 8.26. The number of carbonyl (C=O) groups excluding carboxylic acids is 2. The molecule has 132 valence electrons. The Morgan fingerprint density at radius 1 is 1.08 bits per heavy atom. The molecule has 0 fully saturated rings. The van der Waals surface area contributed by atoms with Crippen LogP contribution in [0, 0.1) is 6.92 Å². The molecule has 0 radical (unpaired) electrons. The number of ether oxygens (including phenoxy) is 1. The van der Waals surface area contributed by atoms with Gasteiger partial charge in [0.2, 0.25) is 0 Å². The molecule has 3 aromatic rings. The van der Waals surface area contributed by atoms with E-state index in [9.17, 15) is 14.4 Å². The normalized spacial score (nSPS) is 10.7. The second kappa shape index (κ2) is 7.74. The first-order valence-electron chi connectivity index (χ1n) is 8.26. The third-order valence-corrected chi connectivity index (χ3v) is 3.97. The minimum atomic E-state index is -0.499. The number of rotatable bonds is 6. The molecule has 3 rings (SSSR count). The van der Waals surface area contributed by atoms with Gasteiger partial charge in [0.15, 0.2) is 5.78 Å². The van der Waals surface area contributed by atoms with Crippen molar-refractivity contribution in [3.05, 3.63) is 81.9 Å². The van der Waals surface area contributed by atoms with Crippen molar-refractivity contribution in [2.24, 2.45) is 0 Å². The van der Waals surface area contributed by atoms with Crippen LogP contribution in [0.5, 0.6) is 0 Å². The van der Waals surface area contributed by atoms with Gasteiger partial charge in [0.05, 0.1) is 12.1 Å². The van der Waals surface area contributed by atoms with Gasteiger partial charge in [0, 0.05) is 24.2 Å². The third kappa shape index (κ3) is 4.03. The zero-order valence-corrected chi connectivity index (χ0v) is 14.3. The molecule has 0 atom stereocenters. The lowest BCUT2D eigenvalue weighted by molar-refractivity contribution is -0.145. The smallest absolute Gasteiger partial charge is 0.306 e. The second-order valence-corrected chi connectivity index (χ2v) is 5.92. The van der Waals surface area contributed by atoms with E-state index in [0.717, 1.165) is 5.56 Å². The first kappa shape index (κ1) is 17.5. The number of aromatic nitrogens is 2. The lowest BCUT2D eigenvalue weighted by Gasteiger charge is -2.07. The standard InChI is InChI=1S/C20H18N2O4/c1-14-6-5-11-22-18(24)12-16(21-20(14)22)13-26-19(25)10-9-17(23)15-7-3-2-4-8-15/h2-8,11-12H,9-10,13H2,1H3. The molecule has 0 aliphatic rings. The topological polar surface area (TPSA) is 77.7 Å². The van der Waals surface area contributed by atoms with E-state index < -0.39 is 5.97 Å². The van der Waals surface area contributed by atoms with Gasteiger partial charge < -0.3 is 4.74 Å². The highest BCUT2D eigenvalue weighted by atomic mass is 16.5. The highest BCUT2D eigenvalue weighted by Crippen LogP contribution is 2.08. The van der Waals surface area contributed by atoms with Crippen molar-refractivity contribution in [3.8, 4) is 0 Å². The minimum Gasteiger partial charge on any atom is -0.459 e. The van der Waals surface area contributed by atoms with Crippen LogP contribution in [-0.2, 0) is 16.1 Å². The zero-order valence-electron chi connectivity index (χ0n) is 14.3. The van der Waals surface area contributed by atoms with Crippen LogP contribution in [0.25, 0.3) is 5.65 Å². The number of carbonyl (C=O) groups is 2. The molecule has 0 saturated heterocycles. The lowest BCUT2D eigenvalue weighted by Crippen LogP contribution is -2.17. The molecule has 2 aromatic heterocycles. The number of hydrogen-bond donors (Lipinski definition) is 0. The molecule has 0 amide bonds. The summed E-state index contributed by atoms with van der Waals surface area (Å²) in [6.07, 6.45) is 1.71. The fraction of sp³-hybridized carbons (Fsp3) is 0.200. The highest BCUT2D eigenvalue weighted by molar-refractivity contribution is 5.97. The Labute approximate surface area is 150 Å². The summed E-state index contributed by atoms with van der Waals surface area (Å²) in [5.74, 6) is -0.610. The Bertz CT molecular complexity index is 1010. The minimum absolute atomic E-state index is 0.0146. The summed E-state index contributed by atoms with van der Waals surface area (Å²) in [6, 6.07) is 13.8. The van der Waals surface area contributed by atoms with E-state index in [1.54, 1.807) is 36.5 Å². The molecule has 0 aliphatic carbocycles. The predicted molar refractivity (Wildman–Crippen MR) is 96.0 cm³/mol. The van der Waals surface area contributed by atoms with E-state index in [0.29, 0.717) is 16.9 Å². The van der Waals surface area contributed by atoms with E-state index in [4.69, 9.17) is 4.74 Å². The van der Waals surface area contributed by atoms with Crippen LogP contribution >= 0.6 is 0 Å². The maximum atomic E-state index is 12.1. The Hall–Kier alpha value is -3.28. The van der Waals surface area contributed by atoms with Crippen molar-refractivity contribution in [2.75, 3.05) is 0 Å². The summed E-state index contributed by atoms with van der Waals surface area (Å²) >= 11 is 0. The molecule has 0 bridgehead atoms. The summed E-state index contributed by atoms with van der Waals surface area (Å²) < 4.78 is 6.60. The molecule has 1 aromatic carbocycles. The summed E-state index contributed by atoms with van der Waals surface area (Å²) in [6.45, 7) is 1.76. The summed E-state index contributed by atoms with van der Waals surface area (Å²) in [5.41, 5.74) is 2.10. The summed E-state index contributed by atoms with van der Waals surface area (Å²) in [7, 11) is 0. The molecule has 0 spiro atoms. The van der Waals surface area contributed by atoms with Crippen molar-refractivity contribution < 1.29 is 14.3 Å². The molecule has 0 aliphatic heterocycles. The Morgan fingerprint density at radius 2 is 1.85 bits per heavy atom. The van der Waals surface area contributed by atoms with Gasteiger partial charge in [-0.05, 0) is 18.6 Å². The van der Waals surface area contributed by atoms with Crippen LogP contribution < -0.4 is 5.56 Å². The van der Waals surface area contributed by atoms with Gasteiger partial charge in [-0.15, -0.1) is 0 Å². The Balaban J connectivity index is 1.59. The van der Waals surface area contributed by atoms with E-state index in [1.165, 1.54) is 10.5 Å². The number of aryl methyl sites for hydroxylation is 1. The molecule has 6 heteroatoms. The summed E-state index contributed by atoms with van der Waals surface area (Å²) in [5, 5.41) is 0. The van der Waals surface area contributed by atoms with Gasteiger partial charge in [-0.2, -0.15) is 0 Å². The van der Waals surface area contributed by atoms with Crippen LogP contribution in [-0.4, -0.2) is 21.1 Å². The monoisotopic (exact) mass is 350 g/mol. The van der Waals surface area contributed by atoms with Gasteiger partial charge in [0.1, 0.15) is 12.3 Å². The largest absolute Gasteiger partial charge is 0.459 e. The average Bonchev–Trinajstić information content (AvgIpc) is 2.66. The van der Waals surface area contributed by atoms with Crippen LogP contribution in [0.1, 0.15) is 34.5 Å². The average molecular weight is 350 g/mol. The number of benzene rings is 1. The number of hydrogen-bond acceptors (Lipinski definition) is 5. The molecule has 0 saturated carbocycles. The number of pyridine rings is 1.